The molecule has 3 aromatic rings. The zero-order valence-electron chi connectivity index (χ0n) is 15.6. The van der Waals surface area contributed by atoms with Crippen molar-refractivity contribution in [1.82, 2.24) is 25.4 Å². The number of nitrogens with one attached hydrogen (secondary N) is 3. The predicted octanol–water partition coefficient (Wildman–Crippen LogP) is 3.23. The van der Waals surface area contributed by atoms with Crippen LogP contribution in [0.2, 0.25) is 0 Å². The summed E-state index contributed by atoms with van der Waals surface area (Å²) in [6, 6.07) is 4.80. The predicted molar refractivity (Wildman–Crippen MR) is 118 cm³/mol. The molecule has 2 aromatic heterocycles. The highest BCUT2D eigenvalue weighted by atomic mass is 127. The average Bonchev–Trinajstić information content (AvgIpc) is 3.21. The van der Waals surface area contributed by atoms with Crippen molar-refractivity contribution in [2.45, 2.75) is 26.8 Å². The molecule has 8 heteroatoms. The fraction of sp³-hybridized carbons (Fsp3) is 0.368. The number of benzene rings is 1. The van der Waals surface area contributed by atoms with Gasteiger partial charge in [-0.2, -0.15) is 5.10 Å². The third kappa shape index (κ3) is 5.95. The van der Waals surface area contributed by atoms with Gasteiger partial charge in [0.2, 0.25) is 0 Å². The molecule has 146 valence electrons. The lowest BCUT2D eigenvalue weighted by Crippen LogP contribution is -2.39. The first-order valence-electron chi connectivity index (χ1n) is 8.92. The summed E-state index contributed by atoms with van der Waals surface area (Å²) in [4.78, 5) is 7.79. The monoisotopic (exact) mass is 484 g/mol. The van der Waals surface area contributed by atoms with Crippen molar-refractivity contribution in [3.05, 3.63) is 53.7 Å². The van der Waals surface area contributed by atoms with Gasteiger partial charge in [-0.1, -0.05) is 0 Å². The molecule has 0 aliphatic carbocycles. The number of aromatic amines is 1. The van der Waals surface area contributed by atoms with Gasteiger partial charge >= 0.3 is 0 Å². The Labute approximate surface area is 175 Å². The van der Waals surface area contributed by atoms with Crippen LogP contribution in [-0.4, -0.2) is 40.4 Å². The van der Waals surface area contributed by atoms with Gasteiger partial charge in [0.25, 0.3) is 0 Å². The number of aryl methyl sites for hydroxylation is 1. The van der Waals surface area contributed by atoms with E-state index >= 15 is 0 Å². The Morgan fingerprint density at radius 3 is 2.93 bits per heavy atom. The third-order valence-corrected chi connectivity index (χ3v) is 4.12. The van der Waals surface area contributed by atoms with E-state index in [2.05, 4.69) is 25.7 Å². The summed E-state index contributed by atoms with van der Waals surface area (Å²) in [5, 5.41) is 11.8. The molecule has 0 radical (unpaired) electrons. The van der Waals surface area contributed by atoms with Gasteiger partial charge in [-0.15, -0.1) is 24.0 Å². The highest BCUT2D eigenvalue weighted by Gasteiger charge is 2.05. The Morgan fingerprint density at radius 2 is 2.19 bits per heavy atom. The molecule has 27 heavy (non-hydrogen) atoms. The van der Waals surface area contributed by atoms with Crippen LogP contribution in [0.25, 0.3) is 10.9 Å². The Morgan fingerprint density at radius 1 is 1.33 bits per heavy atom. The third-order valence-electron chi connectivity index (χ3n) is 4.12. The molecule has 0 unspecified atom stereocenters. The second-order valence-corrected chi connectivity index (χ2v) is 6.22. The topological polar surface area (TPSA) is 70.0 Å². The van der Waals surface area contributed by atoms with E-state index in [0.717, 1.165) is 54.0 Å². The summed E-state index contributed by atoms with van der Waals surface area (Å²) in [5.41, 5.74) is 3.18. The molecule has 0 bridgehead atoms. The van der Waals surface area contributed by atoms with Crippen LogP contribution in [0.5, 0.6) is 0 Å². The molecule has 0 saturated carbocycles. The van der Waals surface area contributed by atoms with E-state index < -0.39 is 0 Å². The summed E-state index contributed by atoms with van der Waals surface area (Å²) in [5.74, 6) is 0.563. The molecule has 0 saturated heterocycles. The number of hydrogen-bond acceptors (Lipinski definition) is 2. The smallest absolute Gasteiger partial charge is 0.191 e. The van der Waals surface area contributed by atoms with Gasteiger partial charge < -0.3 is 15.6 Å². The van der Waals surface area contributed by atoms with E-state index in [1.807, 2.05) is 37.1 Å². The molecule has 3 rings (SSSR count). The quantitative estimate of drug-likeness (QED) is 0.274. The highest BCUT2D eigenvalue weighted by molar-refractivity contribution is 14.0. The van der Waals surface area contributed by atoms with Crippen molar-refractivity contribution in [3.8, 4) is 0 Å². The van der Waals surface area contributed by atoms with E-state index in [-0.39, 0.29) is 29.8 Å². The summed E-state index contributed by atoms with van der Waals surface area (Å²) in [7, 11) is 0. The van der Waals surface area contributed by atoms with E-state index in [0.29, 0.717) is 6.54 Å². The number of aromatic nitrogens is 3. The Bertz CT molecular complexity index is 885. The van der Waals surface area contributed by atoms with Crippen molar-refractivity contribution in [1.29, 1.82) is 0 Å². The first-order chi connectivity index (χ1) is 12.7. The van der Waals surface area contributed by atoms with Gasteiger partial charge in [-0.05, 0) is 49.6 Å². The summed E-state index contributed by atoms with van der Waals surface area (Å²) in [6.45, 7) is 7.01. The van der Waals surface area contributed by atoms with E-state index in [9.17, 15) is 4.39 Å². The van der Waals surface area contributed by atoms with Gasteiger partial charge in [-0.3, -0.25) is 9.67 Å². The molecule has 2 heterocycles. The van der Waals surface area contributed by atoms with Crippen molar-refractivity contribution < 1.29 is 4.39 Å². The Kier molecular flexibility index (Phi) is 8.08. The van der Waals surface area contributed by atoms with Gasteiger partial charge in [0.15, 0.2) is 5.96 Å². The molecule has 3 N–H and O–H groups in total. The van der Waals surface area contributed by atoms with Crippen molar-refractivity contribution in [3.63, 3.8) is 0 Å². The molecular formula is C19H26FIN6. The lowest BCUT2D eigenvalue weighted by atomic mass is 10.1. The number of guanidine groups is 1. The maximum Gasteiger partial charge on any atom is 0.191 e. The normalized spacial score (nSPS) is 11.4. The van der Waals surface area contributed by atoms with Gasteiger partial charge in [0.1, 0.15) is 5.82 Å². The van der Waals surface area contributed by atoms with Gasteiger partial charge in [0, 0.05) is 42.9 Å². The number of hydrogen-bond donors (Lipinski definition) is 3. The summed E-state index contributed by atoms with van der Waals surface area (Å²) < 4.78 is 15.4. The second-order valence-electron chi connectivity index (χ2n) is 6.22. The maximum absolute atomic E-state index is 13.5. The van der Waals surface area contributed by atoms with Crippen LogP contribution in [0.3, 0.4) is 0 Å². The number of nitrogens with zero attached hydrogens (tertiary/aromatic N) is 3. The number of rotatable bonds is 7. The molecule has 0 spiro atoms. The van der Waals surface area contributed by atoms with E-state index in [4.69, 9.17) is 0 Å². The van der Waals surface area contributed by atoms with E-state index in [1.165, 1.54) is 6.07 Å². The molecular weight excluding hydrogens is 458 g/mol. The molecule has 1 aromatic carbocycles. The molecule has 6 nitrogen and oxygen atoms in total. The second kappa shape index (κ2) is 10.3. The highest BCUT2D eigenvalue weighted by Crippen LogP contribution is 2.19. The van der Waals surface area contributed by atoms with Crippen LogP contribution >= 0.6 is 24.0 Å². The first-order valence-corrected chi connectivity index (χ1v) is 8.92. The fourth-order valence-electron chi connectivity index (χ4n) is 2.87. The number of aliphatic imine (C=N–C) groups is 1. The maximum atomic E-state index is 13.5. The Hall–Kier alpha value is -2.10. The average molecular weight is 484 g/mol. The van der Waals surface area contributed by atoms with Crippen LogP contribution in [0.4, 0.5) is 4.39 Å². The van der Waals surface area contributed by atoms with Crippen molar-refractivity contribution in [2.24, 2.45) is 4.99 Å². The Balaban J connectivity index is 0.00000261. The van der Waals surface area contributed by atoms with Crippen LogP contribution in [0.1, 0.15) is 18.1 Å². The largest absolute Gasteiger partial charge is 0.361 e. The molecule has 0 aliphatic rings. The lowest BCUT2D eigenvalue weighted by molar-refractivity contribution is 0.597. The minimum absolute atomic E-state index is 0. The van der Waals surface area contributed by atoms with Crippen LogP contribution < -0.4 is 10.6 Å². The molecule has 0 amide bonds. The molecule has 0 aliphatic heterocycles. The molecule has 0 atom stereocenters. The molecule has 0 fully saturated rings. The zero-order valence-corrected chi connectivity index (χ0v) is 18.0. The minimum atomic E-state index is -0.217. The minimum Gasteiger partial charge on any atom is -0.361 e. The van der Waals surface area contributed by atoms with Gasteiger partial charge in [0.05, 0.1) is 12.7 Å². The lowest BCUT2D eigenvalue weighted by Gasteiger charge is -2.11. The zero-order chi connectivity index (χ0) is 18.4. The van der Waals surface area contributed by atoms with Gasteiger partial charge in [-0.25, -0.2) is 4.39 Å². The van der Waals surface area contributed by atoms with Crippen molar-refractivity contribution in [2.75, 3.05) is 19.6 Å². The summed E-state index contributed by atoms with van der Waals surface area (Å²) >= 11 is 0. The van der Waals surface area contributed by atoms with Crippen molar-refractivity contribution >= 4 is 40.8 Å². The van der Waals surface area contributed by atoms with Crippen LogP contribution in [0.15, 0.2) is 41.8 Å². The number of halogens is 2. The summed E-state index contributed by atoms with van der Waals surface area (Å²) in [6.07, 6.45) is 6.55. The fourth-order valence-corrected chi connectivity index (χ4v) is 2.87. The number of fused-ring (bicyclic) bond motifs is 1. The van der Waals surface area contributed by atoms with E-state index in [1.54, 1.807) is 12.1 Å². The standard InChI is InChI=1S/C19H25FN6.HI/c1-3-21-19(23-8-9-26-13-14(2)11-25-26)22-7-6-15-12-24-18-5-4-16(20)10-17(15)18;/h4-5,10-13,24H,3,6-9H2,1-2H3,(H2,21,22,23);1H. The first kappa shape index (κ1) is 21.2. The van der Waals surface area contributed by atoms with Crippen LogP contribution in [0, 0.1) is 12.7 Å². The SMILES string of the molecule is CCNC(=NCCc1c[nH]c2ccc(F)cc12)NCCn1cc(C)cn1.I. The number of H-pyrrole nitrogens is 1. The van der Waals surface area contributed by atoms with Crippen LogP contribution in [-0.2, 0) is 13.0 Å².